The Morgan fingerprint density at radius 1 is 1.08 bits per heavy atom. The first-order chi connectivity index (χ1) is 11.7. The lowest BCUT2D eigenvalue weighted by Gasteiger charge is -2.25. The maximum atomic E-state index is 12.2. The number of amides is 1. The minimum Gasteiger partial charge on any atom is -0.335 e. The number of likely N-dealkylation sites (tertiary alicyclic amines) is 1. The minimum atomic E-state index is 0.253. The largest absolute Gasteiger partial charge is 0.335 e. The fourth-order valence-electron chi connectivity index (χ4n) is 3.24. The van der Waals surface area contributed by atoms with E-state index >= 15 is 0 Å². The molecule has 0 bridgehead atoms. The highest BCUT2D eigenvalue weighted by molar-refractivity contribution is 6.30. The maximum Gasteiger partial charge on any atom is 0.223 e. The molecule has 126 valence electrons. The van der Waals surface area contributed by atoms with E-state index in [9.17, 15) is 4.79 Å². The SMILES string of the molecule is O=C1CCC(CCNCc2ccccc2)N1Cc1cccc(Cl)c1. The average molecular weight is 343 g/mol. The smallest absolute Gasteiger partial charge is 0.223 e. The summed E-state index contributed by atoms with van der Waals surface area (Å²) < 4.78 is 0. The van der Waals surface area contributed by atoms with Gasteiger partial charge in [0.05, 0.1) is 0 Å². The molecule has 1 fully saturated rings. The number of halogens is 1. The van der Waals surface area contributed by atoms with Gasteiger partial charge in [0.2, 0.25) is 5.91 Å². The van der Waals surface area contributed by atoms with Gasteiger partial charge in [-0.2, -0.15) is 0 Å². The summed E-state index contributed by atoms with van der Waals surface area (Å²) in [5.41, 5.74) is 2.38. The summed E-state index contributed by atoms with van der Waals surface area (Å²) in [6.07, 6.45) is 2.59. The zero-order valence-corrected chi connectivity index (χ0v) is 14.5. The Morgan fingerprint density at radius 3 is 2.67 bits per heavy atom. The third kappa shape index (κ3) is 4.59. The van der Waals surface area contributed by atoms with E-state index in [4.69, 9.17) is 11.6 Å². The molecule has 1 heterocycles. The van der Waals surface area contributed by atoms with Gasteiger partial charge in [-0.05, 0) is 42.6 Å². The van der Waals surface area contributed by atoms with Crippen molar-refractivity contribution in [1.29, 1.82) is 0 Å². The van der Waals surface area contributed by atoms with Crippen molar-refractivity contribution in [3.8, 4) is 0 Å². The van der Waals surface area contributed by atoms with Crippen LogP contribution in [0.1, 0.15) is 30.4 Å². The number of rotatable bonds is 7. The van der Waals surface area contributed by atoms with Gasteiger partial charge >= 0.3 is 0 Å². The highest BCUT2D eigenvalue weighted by atomic mass is 35.5. The molecule has 3 nitrogen and oxygen atoms in total. The van der Waals surface area contributed by atoms with Crippen LogP contribution < -0.4 is 5.32 Å². The fourth-order valence-corrected chi connectivity index (χ4v) is 3.45. The molecule has 1 N–H and O–H groups in total. The van der Waals surface area contributed by atoms with E-state index in [1.165, 1.54) is 5.56 Å². The molecule has 1 saturated heterocycles. The summed E-state index contributed by atoms with van der Waals surface area (Å²) in [6, 6.07) is 18.5. The van der Waals surface area contributed by atoms with E-state index in [0.717, 1.165) is 36.5 Å². The summed E-state index contributed by atoms with van der Waals surface area (Å²) in [4.78, 5) is 14.2. The second-order valence-electron chi connectivity index (χ2n) is 6.30. The molecule has 24 heavy (non-hydrogen) atoms. The van der Waals surface area contributed by atoms with Gasteiger partial charge in [-0.25, -0.2) is 0 Å². The molecular weight excluding hydrogens is 320 g/mol. The van der Waals surface area contributed by atoms with E-state index in [2.05, 4.69) is 29.6 Å². The average Bonchev–Trinajstić information content (AvgIpc) is 2.93. The van der Waals surface area contributed by atoms with Gasteiger partial charge in [0.15, 0.2) is 0 Å². The maximum absolute atomic E-state index is 12.2. The molecule has 1 unspecified atom stereocenters. The fraction of sp³-hybridized carbons (Fsp3) is 0.350. The molecule has 3 rings (SSSR count). The van der Waals surface area contributed by atoms with Crippen LogP contribution in [-0.4, -0.2) is 23.4 Å². The number of benzene rings is 2. The predicted molar refractivity (Wildman–Crippen MR) is 97.8 cm³/mol. The van der Waals surface area contributed by atoms with Crippen molar-refractivity contribution in [3.05, 3.63) is 70.7 Å². The van der Waals surface area contributed by atoms with E-state index < -0.39 is 0 Å². The number of nitrogens with one attached hydrogen (secondary N) is 1. The van der Waals surface area contributed by atoms with Gasteiger partial charge in [-0.1, -0.05) is 54.1 Å². The lowest BCUT2D eigenvalue weighted by Crippen LogP contribution is -2.34. The zero-order valence-electron chi connectivity index (χ0n) is 13.7. The van der Waals surface area contributed by atoms with Crippen molar-refractivity contribution in [2.24, 2.45) is 0 Å². The highest BCUT2D eigenvalue weighted by Crippen LogP contribution is 2.24. The summed E-state index contributed by atoms with van der Waals surface area (Å²) >= 11 is 6.05. The Labute approximate surface area is 148 Å². The first-order valence-electron chi connectivity index (χ1n) is 8.51. The van der Waals surface area contributed by atoms with Gasteiger partial charge in [0.25, 0.3) is 0 Å². The van der Waals surface area contributed by atoms with Crippen molar-refractivity contribution in [1.82, 2.24) is 10.2 Å². The minimum absolute atomic E-state index is 0.253. The molecule has 2 aromatic carbocycles. The second-order valence-corrected chi connectivity index (χ2v) is 6.73. The van der Waals surface area contributed by atoms with Crippen LogP contribution in [-0.2, 0) is 17.9 Å². The van der Waals surface area contributed by atoms with Gasteiger partial charge in [-0.3, -0.25) is 4.79 Å². The van der Waals surface area contributed by atoms with Crippen LogP contribution in [0, 0.1) is 0 Å². The molecule has 0 radical (unpaired) electrons. The first-order valence-corrected chi connectivity index (χ1v) is 8.89. The molecule has 0 spiro atoms. The van der Waals surface area contributed by atoms with E-state index in [0.29, 0.717) is 19.0 Å². The molecule has 2 aromatic rings. The Morgan fingerprint density at radius 2 is 1.88 bits per heavy atom. The number of carbonyl (C=O) groups excluding carboxylic acids is 1. The lowest BCUT2D eigenvalue weighted by atomic mass is 10.1. The van der Waals surface area contributed by atoms with Crippen molar-refractivity contribution < 1.29 is 4.79 Å². The molecule has 0 aromatic heterocycles. The van der Waals surface area contributed by atoms with Crippen LogP contribution in [0.4, 0.5) is 0 Å². The molecule has 1 aliphatic heterocycles. The van der Waals surface area contributed by atoms with Crippen molar-refractivity contribution in [2.75, 3.05) is 6.54 Å². The first kappa shape index (κ1) is 17.0. The summed E-state index contributed by atoms with van der Waals surface area (Å²) in [7, 11) is 0. The summed E-state index contributed by atoms with van der Waals surface area (Å²) in [6.45, 7) is 2.44. The highest BCUT2D eigenvalue weighted by Gasteiger charge is 2.30. The van der Waals surface area contributed by atoms with Crippen LogP contribution in [0.3, 0.4) is 0 Å². The molecule has 1 aliphatic rings. The number of hydrogen-bond acceptors (Lipinski definition) is 2. The molecule has 1 atom stereocenters. The second kappa shape index (κ2) is 8.32. The third-order valence-corrected chi connectivity index (χ3v) is 4.76. The van der Waals surface area contributed by atoms with Gasteiger partial charge in [0.1, 0.15) is 0 Å². The molecule has 1 amide bonds. The molecule has 0 aliphatic carbocycles. The van der Waals surface area contributed by atoms with Crippen LogP contribution in [0.15, 0.2) is 54.6 Å². The zero-order chi connectivity index (χ0) is 16.8. The van der Waals surface area contributed by atoms with Gasteiger partial charge < -0.3 is 10.2 Å². The molecule has 4 heteroatoms. The predicted octanol–water partition coefficient (Wildman–Crippen LogP) is 4.01. The standard InChI is InChI=1S/C20H23ClN2O/c21-18-8-4-7-17(13-18)15-23-19(9-10-20(23)24)11-12-22-14-16-5-2-1-3-6-16/h1-8,13,19,22H,9-12,14-15H2. The number of nitrogens with zero attached hydrogens (tertiary/aromatic N) is 1. The summed E-state index contributed by atoms with van der Waals surface area (Å²) in [5.74, 6) is 0.253. The van der Waals surface area contributed by atoms with Gasteiger partial charge in [0, 0.05) is 30.6 Å². The van der Waals surface area contributed by atoms with Crippen LogP contribution in [0.2, 0.25) is 5.02 Å². The van der Waals surface area contributed by atoms with E-state index in [1.54, 1.807) is 0 Å². The topological polar surface area (TPSA) is 32.3 Å². The van der Waals surface area contributed by atoms with Crippen LogP contribution >= 0.6 is 11.6 Å². The summed E-state index contributed by atoms with van der Waals surface area (Å²) in [5, 5.41) is 4.20. The van der Waals surface area contributed by atoms with Crippen molar-refractivity contribution in [3.63, 3.8) is 0 Å². The van der Waals surface area contributed by atoms with E-state index in [-0.39, 0.29) is 5.91 Å². The quantitative estimate of drug-likeness (QED) is 0.771. The van der Waals surface area contributed by atoms with Gasteiger partial charge in [-0.15, -0.1) is 0 Å². The van der Waals surface area contributed by atoms with E-state index in [1.807, 2.05) is 35.2 Å². The Kier molecular flexibility index (Phi) is 5.89. The Bertz CT molecular complexity index is 674. The van der Waals surface area contributed by atoms with Crippen LogP contribution in [0.25, 0.3) is 0 Å². The lowest BCUT2D eigenvalue weighted by molar-refractivity contribution is -0.129. The third-order valence-electron chi connectivity index (χ3n) is 4.52. The monoisotopic (exact) mass is 342 g/mol. The number of hydrogen-bond donors (Lipinski definition) is 1. The van der Waals surface area contributed by atoms with Crippen molar-refractivity contribution in [2.45, 2.75) is 38.4 Å². The Hall–Kier alpha value is -1.84. The molecular formula is C20H23ClN2O. The normalized spacial score (nSPS) is 17.5. The Balaban J connectivity index is 1.50. The van der Waals surface area contributed by atoms with Crippen LogP contribution in [0.5, 0.6) is 0 Å². The number of carbonyl (C=O) groups is 1. The molecule has 0 saturated carbocycles. The van der Waals surface area contributed by atoms with Crippen molar-refractivity contribution >= 4 is 17.5 Å².